The summed E-state index contributed by atoms with van der Waals surface area (Å²) in [6.07, 6.45) is 1.18. The Balaban J connectivity index is 2.40. The summed E-state index contributed by atoms with van der Waals surface area (Å²) in [5.74, 6) is 1.27. The van der Waals surface area contributed by atoms with E-state index in [0.717, 1.165) is 6.54 Å². The lowest BCUT2D eigenvalue weighted by Gasteiger charge is -2.41. The Morgan fingerprint density at radius 2 is 2.06 bits per heavy atom. The molecule has 0 spiro atoms. The second kappa shape index (κ2) is 5.94. The van der Waals surface area contributed by atoms with E-state index in [2.05, 4.69) is 63.5 Å². The fraction of sp³-hybridized carbons (Fsp3) is 1.00. The third kappa shape index (κ3) is 5.19. The van der Waals surface area contributed by atoms with Crippen molar-refractivity contribution in [1.82, 2.24) is 10.2 Å². The first kappa shape index (κ1) is 15.3. The molecular weight excluding hydrogens is 228 g/mol. The summed E-state index contributed by atoms with van der Waals surface area (Å²) in [7, 11) is 0. The van der Waals surface area contributed by atoms with Gasteiger partial charge in [0, 0.05) is 41.7 Å². The molecule has 0 aliphatic carbocycles. The van der Waals surface area contributed by atoms with Crippen molar-refractivity contribution in [3.63, 3.8) is 0 Å². The van der Waals surface area contributed by atoms with E-state index in [1.54, 1.807) is 0 Å². The Morgan fingerprint density at radius 3 is 2.59 bits per heavy atom. The largest absolute Gasteiger partial charge is 0.310 e. The van der Waals surface area contributed by atoms with E-state index in [1.807, 2.05) is 0 Å². The minimum atomic E-state index is 0.272. The van der Waals surface area contributed by atoms with E-state index in [4.69, 9.17) is 0 Å². The molecule has 0 radical (unpaired) electrons. The molecule has 0 aromatic rings. The maximum absolute atomic E-state index is 3.68. The molecular formula is C14H30N2S. The van der Waals surface area contributed by atoms with Gasteiger partial charge in [0.15, 0.2) is 0 Å². The Kier molecular flexibility index (Phi) is 5.36. The van der Waals surface area contributed by atoms with Crippen molar-refractivity contribution in [2.24, 2.45) is 0 Å². The molecule has 1 fully saturated rings. The van der Waals surface area contributed by atoms with Crippen LogP contribution in [0.25, 0.3) is 0 Å². The molecule has 0 aromatic carbocycles. The van der Waals surface area contributed by atoms with Crippen LogP contribution >= 0.6 is 11.8 Å². The lowest BCUT2D eigenvalue weighted by atomic mass is 10.0. The molecule has 1 rings (SSSR count). The van der Waals surface area contributed by atoms with Crippen LogP contribution in [0.4, 0.5) is 0 Å². The van der Waals surface area contributed by atoms with Gasteiger partial charge >= 0.3 is 0 Å². The topological polar surface area (TPSA) is 15.3 Å². The van der Waals surface area contributed by atoms with Crippen LogP contribution in [0.2, 0.25) is 0 Å². The van der Waals surface area contributed by atoms with Crippen molar-refractivity contribution in [1.29, 1.82) is 0 Å². The average Bonchev–Trinajstić information content (AvgIpc) is 2.24. The molecule has 2 nitrogen and oxygen atoms in total. The molecule has 0 amide bonds. The smallest absolute Gasteiger partial charge is 0.0231 e. The molecule has 1 unspecified atom stereocenters. The fourth-order valence-electron chi connectivity index (χ4n) is 2.11. The summed E-state index contributed by atoms with van der Waals surface area (Å²) < 4.78 is 0.423. The Bertz CT molecular complexity index is 238. The summed E-state index contributed by atoms with van der Waals surface area (Å²) in [5.41, 5.74) is 0.272. The van der Waals surface area contributed by atoms with Gasteiger partial charge in [-0.25, -0.2) is 0 Å². The number of hydrogen-bond acceptors (Lipinski definition) is 3. The minimum Gasteiger partial charge on any atom is -0.310 e. The van der Waals surface area contributed by atoms with Crippen LogP contribution in [-0.2, 0) is 0 Å². The number of nitrogens with zero attached hydrogens (tertiary/aromatic N) is 1. The first-order valence-electron chi connectivity index (χ1n) is 6.89. The van der Waals surface area contributed by atoms with E-state index in [-0.39, 0.29) is 5.54 Å². The molecule has 1 atom stereocenters. The van der Waals surface area contributed by atoms with E-state index < -0.39 is 0 Å². The van der Waals surface area contributed by atoms with Crippen molar-refractivity contribution in [2.45, 2.75) is 64.3 Å². The zero-order valence-corrected chi connectivity index (χ0v) is 13.3. The van der Waals surface area contributed by atoms with Crippen LogP contribution in [0, 0.1) is 0 Å². The number of nitrogens with one attached hydrogen (secondary N) is 1. The van der Waals surface area contributed by atoms with Crippen LogP contribution in [0.5, 0.6) is 0 Å². The predicted octanol–water partition coefficient (Wildman–Crippen LogP) is 2.98. The van der Waals surface area contributed by atoms with E-state index in [1.165, 1.54) is 25.3 Å². The third-order valence-corrected chi connectivity index (χ3v) is 5.14. The molecule has 1 aliphatic rings. The van der Waals surface area contributed by atoms with E-state index in [9.17, 15) is 0 Å². The van der Waals surface area contributed by atoms with Gasteiger partial charge in [0.2, 0.25) is 0 Å². The molecule has 102 valence electrons. The Labute approximate surface area is 112 Å². The number of hydrogen-bond donors (Lipinski definition) is 1. The number of thioether (sulfide) groups is 1. The second-order valence-corrected chi connectivity index (χ2v) is 8.35. The first-order chi connectivity index (χ1) is 7.76. The monoisotopic (exact) mass is 258 g/mol. The third-order valence-electron chi connectivity index (χ3n) is 3.84. The summed E-state index contributed by atoms with van der Waals surface area (Å²) in [5, 5.41) is 3.68. The van der Waals surface area contributed by atoms with Gasteiger partial charge in [-0.15, -0.1) is 0 Å². The second-order valence-electron chi connectivity index (χ2n) is 6.55. The molecule has 1 aliphatic heterocycles. The van der Waals surface area contributed by atoms with Crippen molar-refractivity contribution in [3.8, 4) is 0 Å². The van der Waals surface area contributed by atoms with Crippen LogP contribution < -0.4 is 5.32 Å². The van der Waals surface area contributed by atoms with E-state index >= 15 is 0 Å². The predicted molar refractivity (Wildman–Crippen MR) is 79.9 cm³/mol. The van der Waals surface area contributed by atoms with E-state index in [0.29, 0.717) is 10.8 Å². The average molecular weight is 258 g/mol. The molecule has 1 N–H and O–H groups in total. The quantitative estimate of drug-likeness (QED) is 0.816. The molecule has 0 aromatic heterocycles. The summed E-state index contributed by atoms with van der Waals surface area (Å²) in [6.45, 7) is 17.5. The van der Waals surface area contributed by atoms with Gasteiger partial charge in [0.05, 0.1) is 0 Å². The SMILES string of the molecule is CCC(C)(C)NCC(C)N1CCSC(C)(C)C1. The van der Waals surface area contributed by atoms with Gasteiger partial charge in [-0.05, 0) is 41.0 Å². The van der Waals surface area contributed by atoms with Gasteiger partial charge in [0.25, 0.3) is 0 Å². The molecule has 0 bridgehead atoms. The summed E-state index contributed by atoms with van der Waals surface area (Å²) >= 11 is 2.11. The maximum Gasteiger partial charge on any atom is 0.0231 e. The highest BCUT2D eigenvalue weighted by atomic mass is 32.2. The van der Waals surface area contributed by atoms with Crippen LogP contribution in [0.15, 0.2) is 0 Å². The minimum absolute atomic E-state index is 0.272. The van der Waals surface area contributed by atoms with Crippen LogP contribution in [0.1, 0.15) is 48.0 Å². The molecule has 1 saturated heterocycles. The van der Waals surface area contributed by atoms with Gasteiger partial charge in [-0.3, -0.25) is 4.90 Å². The van der Waals surface area contributed by atoms with Crippen molar-refractivity contribution in [3.05, 3.63) is 0 Å². The summed E-state index contributed by atoms with van der Waals surface area (Å²) in [4.78, 5) is 2.63. The number of rotatable bonds is 5. The molecule has 1 heterocycles. The lowest BCUT2D eigenvalue weighted by molar-refractivity contribution is 0.183. The molecule has 17 heavy (non-hydrogen) atoms. The zero-order chi connectivity index (χ0) is 13.1. The van der Waals surface area contributed by atoms with Crippen molar-refractivity contribution in [2.75, 3.05) is 25.4 Å². The van der Waals surface area contributed by atoms with Crippen molar-refractivity contribution < 1.29 is 0 Å². The standard InChI is InChI=1S/C14H30N2S/c1-7-13(3,4)15-10-12(2)16-8-9-17-14(5,6)11-16/h12,15H,7-11H2,1-6H3. The van der Waals surface area contributed by atoms with Gasteiger partial charge in [-0.2, -0.15) is 11.8 Å². The lowest BCUT2D eigenvalue weighted by Crippen LogP contribution is -2.52. The maximum atomic E-state index is 3.68. The Hall–Kier alpha value is 0.270. The highest BCUT2D eigenvalue weighted by Gasteiger charge is 2.29. The molecule has 0 saturated carbocycles. The highest BCUT2D eigenvalue weighted by Crippen LogP contribution is 2.30. The fourth-order valence-corrected chi connectivity index (χ4v) is 3.24. The Morgan fingerprint density at radius 1 is 1.41 bits per heavy atom. The molecule has 3 heteroatoms. The van der Waals surface area contributed by atoms with Crippen LogP contribution in [0.3, 0.4) is 0 Å². The normalized spacial score (nSPS) is 23.6. The van der Waals surface area contributed by atoms with Gasteiger partial charge in [-0.1, -0.05) is 6.92 Å². The highest BCUT2D eigenvalue weighted by molar-refractivity contribution is 8.00. The first-order valence-corrected chi connectivity index (χ1v) is 7.87. The van der Waals surface area contributed by atoms with Crippen LogP contribution in [-0.4, -0.2) is 46.6 Å². The zero-order valence-electron chi connectivity index (χ0n) is 12.5. The van der Waals surface area contributed by atoms with Crippen molar-refractivity contribution >= 4 is 11.8 Å². The van der Waals surface area contributed by atoms with Gasteiger partial charge < -0.3 is 5.32 Å². The van der Waals surface area contributed by atoms with Gasteiger partial charge in [0.1, 0.15) is 0 Å². The summed E-state index contributed by atoms with van der Waals surface area (Å²) in [6, 6.07) is 0.640.